The number of pyridine rings is 2. The highest BCUT2D eigenvalue weighted by Crippen LogP contribution is 2.33. The van der Waals surface area contributed by atoms with Gasteiger partial charge in [-0.1, -0.05) is 18.2 Å². The third-order valence-electron chi connectivity index (χ3n) is 6.58. The monoisotopic (exact) mass is 440 g/mol. The van der Waals surface area contributed by atoms with Crippen LogP contribution in [0.3, 0.4) is 0 Å². The predicted octanol–water partition coefficient (Wildman–Crippen LogP) is 4.65. The zero-order valence-electron chi connectivity index (χ0n) is 18.9. The van der Waals surface area contributed by atoms with Crippen molar-refractivity contribution in [3.05, 3.63) is 95.6 Å². The van der Waals surface area contributed by atoms with Crippen LogP contribution in [0.2, 0.25) is 0 Å². The number of esters is 1. The molecule has 0 radical (unpaired) electrons. The highest BCUT2D eigenvalue weighted by Gasteiger charge is 2.23. The lowest BCUT2D eigenvalue weighted by Gasteiger charge is -2.32. The van der Waals surface area contributed by atoms with Gasteiger partial charge in [-0.05, 0) is 78.9 Å². The Morgan fingerprint density at radius 2 is 1.82 bits per heavy atom. The van der Waals surface area contributed by atoms with Gasteiger partial charge in [0.2, 0.25) is 0 Å². The van der Waals surface area contributed by atoms with Crippen LogP contribution < -0.4 is 0 Å². The van der Waals surface area contributed by atoms with Gasteiger partial charge in [0.25, 0.3) is 0 Å². The number of likely N-dealkylation sites (tertiary alicyclic amines) is 1. The Kier molecular flexibility index (Phi) is 6.17. The minimum atomic E-state index is -0.314. The quantitative estimate of drug-likeness (QED) is 0.409. The molecule has 33 heavy (non-hydrogen) atoms. The van der Waals surface area contributed by atoms with Crippen LogP contribution in [0.1, 0.15) is 45.8 Å². The molecule has 4 heterocycles. The largest absolute Gasteiger partial charge is 0.465 e. The van der Waals surface area contributed by atoms with E-state index in [1.807, 2.05) is 48.9 Å². The molecule has 1 aromatic carbocycles. The molecule has 0 bridgehead atoms. The summed E-state index contributed by atoms with van der Waals surface area (Å²) in [6.45, 7) is 3.87. The number of rotatable bonds is 6. The Balaban J connectivity index is 1.28. The molecule has 0 N–H and O–H groups in total. The molecule has 0 unspecified atom stereocenters. The van der Waals surface area contributed by atoms with Gasteiger partial charge in [0, 0.05) is 43.3 Å². The number of aromatic nitrogens is 3. The summed E-state index contributed by atoms with van der Waals surface area (Å²) in [5.41, 5.74) is 5.38. The summed E-state index contributed by atoms with van der Waals surface area (Å²) in [6, 6.07) is 16.1. The van der Waals surface area contributed by atoms with Gasteiger partial charge in [0.15, 0.2) is 0 Å². The minimum absolute atomic E-state index is 0.314. The molecule has 1 fully saturated rings. The molecule has 0 aliphatic carbocycles. The van der Waals surface area contributed by atoms with Crippen molar-refractivity contribution in [2.24, 2.45) is 0 Å². The van der Waals surface area contributed by atoms with Crippen molar-refractivity contribution in [3.63, 3.8) is 0 Å². The molecule has 0 amide bonds. The van der Waals surface area contributed by atoms with E-state index in [1.165, 1.54) is 23.6 Å². The minimum Gasteiger partial charge on any atom is -0.465 e. The summed E-state index contributed by atoms with van der Waals surface area (Å²) in [6.07, 6.45) is 10.2. The maximum atomic E-state index is 11.7. The number of carbonyl (C=O) groups excluding carboxylic acids is 1. The Labute approximate surface area is 193 Å². The lowest BCUT2D eigenvalue weighted by Crippen LogP contribution is -2.32. The van der Waals surface area contributed by atoms with Crippen LogP contribution in [0.15, 0.2) is 73.3 Å². The van der Waals surface area contributed by atoms with E-state index < -0.39 is 0 Å². The van der Waals surface area contributed by atoms with Gasteiger partial charge in [-0.25, -0.2) is 9.78 Å². The van der Waals surface area contributed by atoms with Crippen LogP contribution in [0.5, 0.6) is 0 Å². The van der Waals surface area contributed by atoms with Gasteiger partial charge in [-0.3, -0.25) is 9.88 Å². The summed E-state index contributed by atoms with van der Waals surface area (Å²) in [5.74, 6) is 0.238. The van der Waals surface area contributed by atoms with Gasteiger partial charge in [0.1, 0.15) is 5.65 Å². The molecule has 4 aromatic rings. The lowest BCUT2D eigenvalue weighted by molar-refractivity contribution is 0.0600. The van der Waals surface area contributed by atoms with Gasteiger partial charge in [-0.15, -0.1) is 0 Å². The van der Waals surface area contributed by atoms with Crippen LogP contribution in [-0.2, 0) is 17.8 Å². The topological polar surface area (TPSA) is 60.2 Å². The molecule has 1 saturated heterocycles. The van der Waals surface area contributed by atoms with E-state index in [0.717, 1.165) is 43.7 Å². The first-order valence-corrected chi connectivity index (χ1v) is 11.4. The Morgan fingerprint density at radius 3 is 2.55 bits per heavy atom. The number of fused-ring (bicyclic) bond motifs is 1. The van der Waals surface area contributed by atoms with Crippen LogP contribution >= 0.6 is 0 Å². The van der Waals surface area contributed by atoms with Crippen LogP contribution in [0.4, 0.5) is 0 Å². The van der Waals surface area contributed by atoms with Gasteiger partial charge >= 0.3 is 5.97 Å². The highest BCUT2D eigenvalue weighted by atomic mass is 16.5. The van der Waals surface area contributed by atoms with Crippen molar-refractivity contribution in [2.45, 2.75) is 31.8 Å². The van der Waals surface area contributed by atoms with Crippen molar-refractivity contribution in [2.75, 3.05) is 20.2 Å². The molecular weight excluding hydrogens is 412 g/mol. The molecule has 0 spiro atoms. The van der Waals surface area contributed by atoms with Gasteiger partial charge in [0.05, 0.1) is 12.7 Å². The van der Waals surface area contributed by atoms with Crippen LogP contribution in [-0.4, -0.2) is 45.6 Å². The third kappa shape index (κ3) is 4.66. The summed E-state index contributed by atoms with van der Waals surface area (Å²) in [4.78, 5) is 23.1. The first kappa shape index (κ1) is 21.3. The van der Waals surface area contributed by atoms with E-state index in [4.69, 9.17) is 9.72 Å². The molecule has 0 saturated carbocycles. The fourth-order valence-electron chi connectivity index (χ4n) is 4.81. The molecule has 6 heteroatoms. The van der Waals surface area contributed by atoms with E-state index in [2.05, 4.69) is 38.8 Å². The maximum absolute atomic E-state index is 11.7. The van der Waals surface area contributed by atoms with Gasteiger partial charge < -0.3 is 9.30 Å². The summed E-state index contributed by atoms with van der Waals surface area (Å²) >= 11 is 0. The number of benzene rings is 1. The van der Waals surface area contributed by atoms with Crippen molar-refractivity contribution in [1.29, 1.82) is 0 Å². The normalized spacial score (nSPS) is 15.1. The molecule has 5 rings (SSSR count). The van der Waals surface area contributed by atoms with E-state index in [9.17, 15) is 4.79 Å². The summed E-state index contributed by atoms with van der Waals surface area (Å²) in [5, 5.41) is 1.24. The number of hydrogen-bond acceptors (Lipinski definition) is 5. The maximum Gasteiger partial charge on any atom is 0.337 e. The second kappa shape index (κ2) is 9.55. The smallest absolute Gasteiger partial charge is 0.337 e. The predicted molar refractivity (Wildman–Crippen MR) is 128 cm³/mol. The zero-order chi connectivity index (χ0) is 22.6. The number of ether oxygens (including phenoxy) is 1. The van der Waals surface area contributed by atoms with Gasteiger partial charge in [-0.2, -0.15) is 0 Å². The van der Waals surface area contributed by atoms with E-state index >= 15 is 0 Å². The van der Waals surface area contributed by atoms with E-state index in [1.54, 1.807) is 0 Å². The number of hydrogen-bond donors (Lipinski definition) is 0. The van der Waals surface area contributed by atoms with Crippen LogP contribution in [0.25, 0.3) is 11.0 Å². The molecule has 0 atom stereocenters. The molecule has 3 aromatic heterocycles. The Morgan fingerprint density at radius 1 is 1.00 bits per heavy atom. The van der Waals surface area contributed by atoms with Crippen molar-refractivity contribution >= 4 is 17.0 Å². The van der Waals surface area contributed by atoms with E-state index in [0.29, 0.717) is 18.0 Å². The number of methoxy groups -OCH3 is 1. The number of piperidine rings is 1. The lowest BCUT2D eigenvalue weighted by atomic mass is 9.88. The first-order valence-electron chi connectivity index (χ1n) is 11.4. The summed E-state index contributed by atoms with van der Waals surface area (Å²) in [7, 11) is 1.40. The average molecular weight is 441 g/mol. The third-order valence-corrected chi connectivity index (χ3v) is 6.58. The fourth-order valence-corrected chi connectivity index (χ4v) is 4.81. The van der Waals surface area contributed by atoms with Crippen molar-refractivity contribution < 1.29 is 9.53 Å². The Hall–Kier alpha value is -3.51. The molecule has 168 valence electrons. The number of carbonyl (C=O) groups is 1. The second-order valence-corrected chi connectivity index (χ2v) is 8.68. The zero-order valence-corrected chi connectivity index (χ0v) is 18.9. The van der Waals surface area contributed by atoms with Crippen LogP contribution in [0, 0.1) is 0 Å². The molecular formula is C27H28N4O2. The first-order chi connectivity index (χ1) is 16.2. The molecule has 1 aliphatic heterocycles. The van der Waals surface area contributed by atoms with Crippen molar-refractivity contribution in [3.8, 4) is 0 Å². The SMILES string of the molecule is COC(=O)c1ccc(Cn2ccc3c(C4CCN(Cc5cccnc5)CC4)ccnc32)cc1. The molecule has 6 nitrogen and oxygen atoms in total. The number of nitrogens with zero attached hydrogens (tertiary/aromatic N) is 4. The highest BCUT2D eigenvalue weighted by molar-refractivity contribution is 5.89. The summed E-state index contributed by atoms with van der Waals surface area (Å²) < 4.78 is 6.97. The second-order valence-electron chi connectivity index (χ2n) is 8.68. The average Bonchev–Trinajstić information content (AvgIpc) is 3.28. The molecule has 1 aliphatic rings. The van der Waals surface area contributed by atoms with Crippen molar-refractivity contribution in [1.82, 2.24) is 19.4 Å². The fraction of sp³-hybridized carbons (Fsp3) is 0.296. The Bertz CT molecular complexity index is 1230. The standard InChI is InChI=1S/C27H28N4O2/c1-33-27(32)23-6-4-20(5-7-23)19-31-16-11-25-24(8-13-29-26(25)31)22-9-14-30(15-10-22)18-21-3-2-12-28-17-21/h2-8,11-13,16-17,22H,9-10,14-15,18-19H2,1H3. The van der Waals surface area contributed by atoms with E-state index in [-0.39, 0.29) is 5.97 Å².